The largest absolute Gasteiger partial charge is 0.354 e. The number of nitrogens with two attached hydrogens (primary N) is 1. The van der Waals surface area contributed by atoms with Gasteiger partial charge in [-0.1, -0.05) is 6.92 Å². The van der Waals surface area contributed by atoms with E-state index in [0.717, 1.165) is 12.1 Å². The van der Waals surface area contributed by atoms with Gasteiger partial charge >= 0.3 is 0 Å². The summed E-state index contributed by atoms with van der Waals surface area (Å²) in [7, 11) is 0. The molecule has 0 aliphatic carbocycles. The van der Waals surface area contributed by atoms with Crippen molar-refractivity contribution in [2.45, 2.75) is 13.3 Å². The number of H-pyrrole nitrogens is 1. The molecule has 6 heteroatoms. The highest BCUT2D eigenvalue weighted by molar-refractivity contribution is 5.85. The molecule has 5 nitrogen and oxygen atoms in total. The molecule has 80 valence electrons. The van der Waals surface area contributed by atoms with Gasteiger partial charge in [0, 0.05) is 24.8 Å². The Balaban J connectivity index is 0.00000169. The third kappa shape index (κ3) is 3.76. The lowest BCUT2D eigenvalue weighted by atomic mass is 10.3. The highest BCUT2D eigenvalue weighted by Crippen LogP contribution is 1.96. The summed E-state index contributed by atoms with van der Waals surface area (Å²) in [5.74, 6) is 0.495. The average molecular weight is 219 g/mol. The summed E-state index contributed by atoms with van der Waals surface area (Å²) in [6.07, 6.45) is 0.751. The van der Waals surface area contributed by atoms with Crippen LogP contribution in [0.3, 0.4) is 0 Å². The van der Waals surface area contributed by atoms with Gasteiger partial charge in [-0.25, -0.2) is 4.98 Å². The molecule has 4 N–H and O–H groups in total. The summed E-state index contributed by atoms with van der Waals surface area (Å²) in [5.41, 5.74) is 5.95. The van der Waals surface area contributed by atoms with Gasteiger partial charge in [0.25, 0.3) is 5.56 Å². The minimum Gasteiger partial charge on any atom is -0.354 e. The Kier molecular flexibility index (Phi) is 5.91. The van der Waals surface area contributed by atoms with Crippen LogP contribution in [0.4, 0.5) is 5.95 Å². The van der Waals surface area contributed by atoms with Gasteiger partial charge in [-0.15, -0.1) is 12.4 Å². The van der Waals surface area contributed by atoms with Crippen LogP contribution >= 0.6 is 12.4 Å². The smallest absolute Gasteiger partial charge is 0.252 e. The zero-order chi connectivity index (χ0) is 9.68. The second-order valence-corrected chi connectivity index (χ2v) is 2.65. The van der Waals surface area contributed by atoms with E-state index in [1.54, 1.807) is 0 Å². The molecule has 0 aromatic carbocycles. The minimum absolute atomic E-state index is 0. The second kappa shape index (κ2) is 6.39. The molecule has 0 atom stereocenters. The molecule has 0 saturated carbocycles. The van der Waals surface area contributed by atoms with E-state index < -0.39 is 0 Å². The molecule has 1 aromatic heterocycles. The van der Waals surface area contributed by atoms with Crippen LogP contribution in [0.15, 0.2) is 10.9 Å². The summed E-state index contributed by atoms with van der Waals surface area (Å²) < 4.78 is 0. The first-order chi connectivity index (χ1) is 6.26. The SMILES string of the molecule is CCc1cc(=O)[nH]c(NCCN)n1.Cl. The van der Waals surface area contributed by atoms with Crippen molar-refractivity contribution in [3.63, 3.8) is 0 Å². The number of rotatable bonds is 4. The van der Waals surface area contributed by atoms with Gasteiger partial charge in [-0.2, -0.15) is 0 Å². The van der Waals surface area contributed by atoms with Crippen molar-refractivity contribution >= 4 is 18.4 Å². The fraction of sp³-hybridized carbons (Fsp3) is 0.500. The summed E-state index contributed by atoms with van der Waals surface area (Å²) in [5, 5.41) is 2.92. The third-order valence-electron chi connectivity index (χ3n) is 1.59. The normalized spacial score (nSPS) is 9.29. The maximum absolute atomic E-state index is 11.1. The molecule has 0 aliphatic heterocycles. The molecule has 0 saturated heterocycles. The van der Waals surface area contributed by atoms with Crippen LogP contribution in [0.25, 0.3) is 0 Å². The molecule has 0 aliphatic rings. The topological polar surface area (TPSA) is 83.8 Å². The molecular formula is C8H15ClN4O. The Bertz CT molecular complexity index is 325. The molecule has 0 unspecified atom stereocenters. The molecule has 14 heavy (non-hydrogen) atoms. The minimum atomic E-state index is -0.133. The van der Waals surface area contributed by atoms with Crippen LogP contribution < -0.4 is 16.6 Å². The summed E-state index contributed by atoms with van der Waals surface area (Å²) in [4.78, 5) is 17.8. The van der Waals surface area contributed by atoms with Gasteiger partial charge in [0.2, 0.25) is 5.95 Å². The highest BCUT2D eigenvalue weighted by atomic mass is 35.5. The van der Waals surface area contributed by atoms with Crippen molar-refractivity contribution in [1.82, 2.24) is 9.97 Å². The number of hydrogen-bond donors (Lipinski definition) is 3. The maximum atomic E-state index is 11.1. The van der Waals surface area contributed by atoms with Crippen LogP contribution in [0.5, 0.6) is 0 Å². The molecule has 1 rings (SSSR count). The molecule has 0 fully saturated rings. The third-order valence-corrected chi connectivity index (χ3v) is 1.59. The zero-order valence-electron chi connectivity index (χ0n) is 8.04. The van der Waals surface area contributed by atoms with Gasteiger partial charge in [0.15, 0.2) is 0 Å². The summed E-state index contributed by atoms with van der Waals surface area (Å²) in [6.45, 7) is 3.07. The van der Waals surface area contributed by atoms with Crippen molar-refractivity contribution in [3.05, 3.63) is 22.1 Å². The first-order valence-corrected chi connectivity index (χ1v) is 4.30. The summed E-state index contributed by atoms with van der Waals surface area (Å²) in [6, 6.07) is 1.49. The molecular weight excluding hydrogens is 204 g/mol. The number of hydrogen-bond acceptors (Lipinski definition) is 4. The van der Waals surface area contributed by atoms with Crippen molar-refractivity contribution in [1.29, 1.82) is 0 Å². The number of nitrogens with one attached hydrogen (secondary N) is 2. The average Bonchev–Trinajstić information content (AvgIpc) is 2.14. The van der Waals surface area contributed by atoms with Crippen LogP contribution in [0.2, 0.25) is 0 Å². The number of aromatic nitrogens is 2. The number of aryl methyl sites for hydroxylation is 1. The lowest BCUT2D eigenvalue weighted by molar-refractivity contribution is 0.942. The van der Waals surface area contributed by atoms with Gasteiger partial charge in [0.05, 0.1) is 0 Å². The first-order valence-electron chi connectivity index (χ1n) is 4.30. The lowest BCUT2D eigenvalue weighted by Gasteiger charge is -2.03. The standard InChI is InChI=1S/C8H14N4O.ClH/c1-2-6-5-7(13)12-8(11-6)10-4-3-9;/h5H,2-4,9H2,1H3,(H2,10,11,12,13);1H. The van der Waals surface area contributed by atoms with Gasteiger partial charge in [0.1, 0.15) is 0 Å². The molecule has 1 aromatic rings. The van der Waals surface area contributed by atoms with E-state index in [9.17, 15) is 4.79 Å². The number of aromatic amines is 1. The van der Waals surface area contributed by atoms with E-state index in [-0.39, 0.29) is 18.0 Å². The quantitative estimate of drug-likeness (QED) is 0.671. The Morgan fingerprint density at radius 3 is 2.93 bits per heavy atom. The fourth-order valence-corrected chi connectivity index (χ4v) is 0.963. The van der Waals surface area contributed by atoms with E-state index in [2.05, 4.69) is 15.3 Å². The van der Waals surface area contributed by atoms with Gasteiger partial charge < -0.3 is 11.1 Å². The number of nitrogens with zero attached hydrogens (tertiary/aromatic N) is 1. The molecule has 0 bridgehead atoms. The van der Waals surface area contributed by atoms with Crippen LogP contribution in [0, 0.1) is 0 Å². The number of anilines is 1. The van der Waals surface area contributed by atoms with E-state index >= 15 is 0 Å². The first kappa shape index (κ1) is 12.9. The monoisotopic (exact) mass is 218 g/mol. The zero-order valence-corrected chi connectivity index (χ0v) is 8.86. The van der Waals surface area contributed by atoms with Crippen molar-refractivity contribution in [3.8, 4) is 0 Å². The van der Waals surface area contributed by atoms with Crippen molar-refractivity contribution < 1.29 is 0 Å². The molecule has 0 amide bonds. The Morgan fingerprint density at radius 2 is 2.36 bits per heavy atom. The van der Waals surface area contributed by atoms with Crippen LogP contribution in [-0.2, 0) is 6.42 Å². The second-order valence-electron chi connectivity index (χ2n) is 2.65. The van der Waals surface area contributed by atoms with E-state index in [4.69, 9.17) is 5.73 Å². The molecule has 0 spiro atoms. The van der Waals surface area contributed by atoms with E-state index in [1.165, 1.54) is 6.07 Å². The number of halogens is 1. The Morgan fingerprint density at radius 1 is 1.64 bits per heavy atom. The maximum Gasteiger partial charge on any atom is 0.252 e. The fourth-order valence-electron chi connectivity index (χ4n) is 0.963. The molecule has 0 radical (unpaired) electrons. The highest BCUT2D eigenvalue weighted by Gasteiger charge is 1.97. The van der Waals surface area contributed by atoms with E-state index in [1.807, 2.05) is 6.92 Å². The van der Waals surface area contributed by atoms with Gasteiger partial charge in [-0.05, 0) is 6.42 Å². The predicted molar refractivity (Wildman–Crippen MR) is 59.0 cm³/mol. The summed E-state index contributed by atoms with van der Waals surface area (Å²) >= 11 is 0. The van der Waals surface area contributed by atoms with Crippen molar-refractivity contribution in [2.24, 2.45) is 5.73 Å². The van der Waals surface area contributed by atoms with Gasteiger partial charge in [-0.3, -0.25) is 9.78 Å². The Labute approximate surface area is 88.5 Å². The van der Waals surface area contributed by atoms with Crippen LogP contribution in [0.1, 0.15) is 12.6 Å². The van der Waals surface area contributed by atoms with Crippen molar-refractivity contribution in [2.75, 3.05) is 18.4 Å². The molecule has 1 heterocycles. The van der Waals surface area contributed by atoms with E-state index in [0.29, 0.717) is 19.0 Å². The predicted octanol–water partition coefficient (Wildman–Crippen LogP) is 0.125. The Hall–Kier alpha value is -1.07. The van der Waals surface area contributed by atoms with Crippen LogP contribution in [-0.4, -0.2) is 23.1 Å². The lowest BCUT2D eigenvalue weighted by Crippen LogP contribution is -2.18.